The van der Waals surface area contributed by atoms with Crippen molar-refractivity contribution in [2.75, 3.05) is 0 Å². The number of nitrogens with one attached hydrogen (secondary N) is 2. The highest BCUT2D eigenvalue weighted by molar-refractivity contribution is 5.77. The highest BCUT2D eigenvalue weighted by Gasteiger charge is 2.33. The van der Waals surface area contributed by atoms with Crippen LogP contribution in [0.15, 0.2) is 53.6 Å². The summed E-state index contributed by atoms with van der Waals surface area (Å²) in [5.74, 6) is 0.445. The van der Waals surface area contributed by atoms with E-state index in [4.69, 9.17) is 0 Å². The smallest absolute Gasteiger partial charge is 0.254 e. The lowest BCUT2D eigenvalue weighted by Gasteiger charge is -2.25. The fraction of sp³-hybridized carbons (Fsp3) is 0.304. The number of hydrogen-bond donors (Lipinski definition) is 2. The topological polar surface area (TPSA) is 87.7 Å². The van der Waals surface area contributed by atoms with Crippen molar-refractivity contribution in [3.63, 3.8) is 0 Å². The normalized spacial score (nSPS) is 14.4. The Kier molecular flexibility index (Phi) is 5.01. The monoisotopic (exact) mass is 388 g/mol. The summed E-state index contributed by atoms with van der Waals surface area (Å²) in [5.41, 5.74) is 4.04. The summed E-state index contributed by atoms with van der Waals surface area (Å²) in [7, 11) is 0. The molecule has 0 fully saturated rings. The Hall–Kier alpha value is -3.28. The third-order valence-electron chi connectivity index (χ3n) is 5.48. The number of amides is 1. The van der Waals surface area contributed by atoms with Gasteiger partial charge in [-0.2, -0.15) is 0 Å². The Morgan fingerprint density at radius 1 is 1.17 bits per heavy atom. The summed E-state index contributed by atoms with van der Waals surface area (Å²) in [6.07, 6.45) is 5.60. The molecule has 29 heavy (non-hydrogen) atoms. The number of carbonyl (C=O) groups excluding carboxylic acids is 1. The number of pyridine rings is 1. The summed E-state index contributed by atoms with van der Waals surface area (Å²) < 4.78 is 0. The molecule has 0 radical (unpaired) electrons. The van der Waals surface area contributed by atoms with E-state index in [0.29, 0.717) is 23.5 Å². The second-order valence-corrected chi connectivity index (χ2v) is 7.95. The lowest BCUT2D eigenvalue weighted by molar-refractivity contribution is -0.122. The van der Waals surface area contributed by atoms with Gasteiger partial charge in [-0.3, -0.25) is 14.6 Å². The van der Waals surface area contributed by atoms with Crippen molar-refractivity contribution >= 4 is 5.91 Å². The molecule has 1 amide bonds. The first-order valence-corrected chi connectivity index (χ1v) is 9.81. The van der Waals surface area contributed by atoms with Crippen molar-refractivity contribution in [3.05, 3.63) is 81.5 Å². The number of benzene rings is 1. The lowest BCUT2D eigenvalue weighted by atomic mass is 9.98. The molecule has 0 spiro atoms. The molecule has 2 aromatic heterocycles. The highest BCUT2D eigenvalue weighted by Crippen LogP contribution is 2.29. The van der Waals surface area contributed by atoms with E-state index in [-0.39, 0.29) is 23.4 Å². The van der Waals surface area contributed by atoms with Crippen LogP contribution in [0.3, 0.4) is 0 Å². The van der Waals surface area contributed by atoms with Crippen LogP contribution in [-0.4, -0.2) is 26.4 Å². The van der Waals surface area contributed by atoms with Crippen LogP contribution in [0.2, 0.25) is 0 Å². The second kappa shape index (κ2) is 7.62. The highest BCUT2D eigenvalue weighted by atomic mass is 16.1. The summed E-state index contributed by atoms with van der Waals surface area (Å²) in [5, 5.41) is 3.17. The molecule has 0 aliphatic heterocycles. The summed E-state index contributed by atoms with van der Waals surface area (Å²) in [6.45, 7) is 3.88. The van der Waals surface area contributed by atoms with Crippen molar-refractivity contribution in [2.24, 2.45) is 0 Å². The zero-order chi connectivity index (χ0) is 20.4. The second-order valence-electron chi connectivity index (χ2n) is 7.95. The van der Waals surface area contributed by atoms with E-state index in [0.717, 1.165) is 18.4 Å². The molecule has 148 valence electrons. The van der Waals surface area contributed by atoms with Crippen molar-refractivity contribution in [2.45, 2.75) is 45.1 Å². The molecule has 6 nitrogen and oxygen atoms in total. The number of nitrogens with zero attached hydrogens (tertiary/aromatic N) is 2. The molecule has 0 unspecified atom stereocenters. The number of hydrogen-bond acceptors (Lipinski definition) is 4. The van der Waals surface area contributed by atoms with E-state index in [1.807, 2.05) is 18.2 Å². The van der Waals surface area contributed by atoms with Gasteiger partial charge in [0.05, 0.1) is 0 Å². The summed E-state index contributed by atoms with van der Waals surface area (Å²) in [4.78, 5) is 36.5. The van der Waals surface area contributed by atoms with Gasteiger partial charge in [0.1, 0.15) is 5.82 Å². The molecular formula is C23H24N4O2. The fourth-order valence-corrected chi connectivity index (χ4v) is 4.08. The Balaban J connectivity index is 1.42. The molecule has 6 heteroatoms. The van der Waals surface area contributed by atoms with Crippen LogP contribution in [0.25, 0.3) is 11.4 Å². The van der Waals surface area contributed by atoms with Gasteiger partial charge in [-0.25, -0.2) is 4.98 Å². The van der Waals surface area contributed by atoms with E-state index in [1.165, 1.54) is 11.1 Å². The van der Waals surface area contributed by atoms with Crippen LogP contribution in [-0.2, 0) is 24.1 Å². The van der Waals surface area contributed by atoms with Gasteiger partial charge in [0.15, 0.2) is 0 Å². The summed E-state index contributed by atoms with van der Waals surface area (Å²) in [6, 6.07) is 11.9. The molecule has 1 aliphatic carbocycles. The third-order valence-corrected chi connectivity index (χ3v) is 5.48. The number of H-pyrrole nitrogens is 1. The van der Waals surface area contributed by atoms with Gasteiger partial charge in [0.25, 0.3) is 5.56 Å². The molecule has 1 aromatic carbocycles. The van der Waals surface area contributed by atoms with Crippen LogP contribution < -0.4 is 10.9 Å². The number of fused-ring (bicyclic) bond motifs is 1. The summed E-state index contributed by atoms with van der Waals surface area (Å²) >= 11 is 0. The first-order chi connectivity index (χ1) is 13.9. The van der Waals surface area contributed by atoms with E-state index in [1.54, 1.807) is 25.4 Å². The molecule has 2 N–H and O–H groups in total. The van der Waals surface area contributed by atoms with Gasteiger partial charge in [0, 0.05) is 41.2 Å². The van der Waals surface area contributed by atoms with Crippen LogP contribution >= 0.6 is 0 Å². The Bertz CT molecular complexity index is 1080. The molecular weight excluding hydrogens is 364 g/mol. The molecule has 4 rings (SSSR count). The maximum absolute atomic E-state index is 12.6. The average Bonchev–Trinajstić information content (AvgIpc) is 3.03. The number of rotatable bonds is 5. The number of aromatic nitrogens is 3. The fourth-order valence-electron chi connectivity index (χ4n) is 4.08. The van der Waals surface area contributed by atoms with E-state index in [2.05, 4.69) is 39.3 Å². The van der Waals surface area contributed by atoms with Crippen molar-refractivity contribution in [1.29, 1.82) is 0 Å². The minimum atomic E-state index is -0.273. The van der Waals surface area contributed by atoms with Crippen molar-refractivity contribution in [3.8, 4) is 11.4 Å². The van der Waals surface area contributed by atoms with E-state index >= 15 is 0 Å². The van der Waals surface area contributed by atoms with Crippen LogP contribution in [0.4, 0.5) is 0 Å². The quantitative estimate of drug-likeness (QED) is 0.704. The third kappa shape index (κ3) is 4.11. The zero-order valence-electron chi connectivity index (χ0n) is 16.7. The van der Waals surface area contributed by atoms with Gasteiger partial charge >= 0.3 is 0 Å². The Morgan fingerprint density at radius 2 is 1.90 bits per heavy atom. The zero-order valence-corrected chi connectivity index (χ0v) is 16.7. The SMILES string of the molecule is Cc1nc(-c2cccnc2)[nH]c(=O)c1CCC(=O)NC1(C)Cc2ccccc2C1. The van der Waals surface area contributed by atoms with Crippen molar-refractivity contribution in [1.82, 2.24) is 20.3 Å². The van der Waals surface area contributed by atoms with Gasteiger partial charge in [-0.15, -0.1) is 0 Å². The van der Waals surface area contributed by atoms with Crippen LogP contribution in [0.5, 0.6) is 0 Å². The lowest BCUT2D eigenvalue weighted by Crippen LogP contribution is -2.46. The largest absolute Gasteiger partial charge is 0.350 e. The molecule has 0 bridgehead atoms. The Morgan fingerprint density at radius 3 is 2.52 bits per heavy atom. The minimum absolute atomic E-state index is 0.0459. The predicted octanol–water partition coefficient (Wildman–Crippen LogP) is 2.75. The predicted molar refractivity (Wildman–Crippen MR) is 112 cm³/mol. The van der Waals surface area contributed by atoms with Crippen LogP contribution in [0.1, 0.15) is 35.7 Å². The van der Waals surface area contributed by atoms with Gasteiger partial charge in [-0.1, -0.05) is 24.3 Å². The molecule has 0 saturated carbocycles. The minimum Gasteiger partial charge on any atom is -0.350 e. The molecule has 2 heterocycles. The van der Waals surface area contributed by atoms with E-state index in [9.17, 15) is 9.59 Å². The molecule has 3 aromatic rings. The van der Waals surface area contributed by atoms with E-state index < -0.39 is 0 Å². The first-order valence-electron chi connectivity index (χ1n) is 9.81. The Labute approximate surface area is 169 Å². The first kappa shape index (κ1) is 19.1. The molecule has 1 aliphatic rings. The standard InChI is InChI=1S/C23H24N4O2/c1-15-19(22(29)26-21(25-15)18-8-5-11-24-14-18)9-10-20(28)27-23(2)12-16-6-3-4-7-17(16)13-23/h3-8,11,14H,9-10,12-13H2,1-2H3,(H,27,28)(H,25,26,29). The average molecular weight is 388 g/mol. The number of aryl methyl sites for hydroxylation is 1. The van der Waals surface area contributed by atoms with Gasteiger partial charge in [-0.05, 0) is 56.4 Å². The van der Waals surface area contributed by atoms with Gasteiger partial charge < -0.3 is 10.3 Å². The number of carbonyl (C=O) groups is 1. The van der Waals surface area contributed by atoms with Crippen molar-refractivity contribution < 1.29 is 4.79 Å². The molecule has 0 atom stereocenters. The van der Waals surface area contributed by atoms with Crippen LogP contribution in [0, 0.1) is 6.92 Å². The maximum Gasteiger partial charge on any atom is 0.254 e. The number of aromatic amines is 1. The molecule has 0 saturated heterocycles. The van der Waals surface area contributed by atoms with Gasteiger partial charge in [0.2, 0.25) is 5.91 Å². The maximum atomic E-state index is 12.6.